The number of benzene rings is 4. The molecule has 0 fully saturated rings. The van der Waals surface area contributed by atoms with Crippen molar-refractivity contribution in [1.29, 1.82) is 0 Å². The molecule has 9 heteroatoms. The summed E-state index contributed by atoms with van der Waals surface area (Å²) in [6, 6.07) is 27.9. The first kappa shape index (κ1) is 29.1. The van der Waals surface area contributed by atoms with E-state index in [1.807, 2.05) is 24.3 Å². The molecule has 6 rings (SSSR count). The molecule has 2 aromatic heterocycles. The maximum absolute atomic E-state index is 12.7. The van der Waals surface area contributed by atoms with Gasteiger partial charge in [-0.1, -0.05) is 86.8 Å². The molecule has 0 aliphatic heterocycles. The number of nitrogens with one attached hydrogen (secondary N) is 2. The Balaban J connectivity index is 0.000000181. The summed E-state index contributed by atoms with van der Waals surface area (Å²) in [7, 11) is -7.00. The van der Waals surface area contributed by atoms with E-state index >= 15 is 0 Å². The molecule has 0 unspecified atom stereocenters. The van der Waals surface area contributed by atoms with Crippen LogP contribution >= 0.6 is 15.9 Å². The summed E-state index contributed by atoms with van der Waals surface area (Å²) in [5, 5.41) is 1.38. The van der Waals surface area contributed by atoms with Crippen LogP contribution in [0.4, 0.5) is 0 Å². The number of aromatic amines is 2. The number of rotatable bonds is 5. The lowest BCUT2D eigenvalue weighted by Crippen LogP contribution is -2.00. The molecule has 0 saturated carbocycles. The standard InChI is InChI=1S/C16H13NO2S.C14H10BrNO2S.CH4/c1-2-12-7-6-10-14-15(11-17-16(12)14)20(18,19)13-8-4-3-5-9-13;15-12-8-4-7-11-13(9-16-14(11)12)19(17,18)10-5-2-1-3-6-10;/h2-11,17H,1H2;1-9,16H;1H4. The summed E-state index contributed by atoms with van der Waals surface area (Å²) in [6.45, 7) is 3.74. The number of sulfone groups is 2. The Morgan fingerprint density at radius 1 is 0.600 bits per heavy atom. The van der Waals surface area contributed by atoms with Crippen LogP contribution in [0.3, 0.4) is 0 Å². The van der Waals surface area contributed by atoms with Gasteiger partial charge in [-0.25, -0.2) is 16.8 Å². The first-order valence-corrected chi connectivity index (χ1v) is 15.6. The Kier molecular flexibility index (Phi) is 8.48. The van der Waals surface area contributed by atoms with Crippen LogP contribution in [0, 0.1) is 0 Å². The Bertz CT molecular complexity index is 2010. The van der Waals surface area contributed by atoms with E-state index in [1.165, 1.54) is 6.20 Å². The van der Waals surface area contributed by atoms with Crippen molar-refractivity contribution < 1.29 is 16.8 Å². The van der Waals surface area contributed by atoms with Crippen molar-refractivity contribution in [3.63, 3.8) is 0 Å². The second-order valence-electron chi connectivity index (χ2n) is 8.58. The van der Waals surface area contributed by atoms with Gasteiger partial charge in [0.15, 0.2) is 0 Å². The number of H-pyrrole nitrogens is 2. The number of hydrogen-bond acceptors (Lipinski definition) is 4. The Labute approximate surface area is 242 Å². The summed E-state index contributed by atoms with van der Waals surface area (Å²) in [5.74, 6) is 0. The first-order valence-electron chi connectivity index (χ1n) is 11.8. The minimum atomic E-state index is -3.51. The van der Waals surface area contributed by atoms with E-state index in [4.69, 9.17) is 0 Å². The van der Waals surface area contributed by atoms with E-state index in [0.717, 1.165) is 21.1 Å². The lowest BCUT2D eigenvalue weighted by molar-refractivity contribution is 0.595. The first-order chi connectivity index (χ1) is 18.7. The molecule has 0 spiro atoms. The monoisotopic (exact) mass is 634 g/mol. The average Bonchev–Trinajstić information content (AvgIpc) is 3.61. The fourth-order valence-electron chi connectivity index (χ4n) is 4.31. The lowest BCUT2D eigenvalue weighted by atomic mass is 10.1. The average molecular weight is 636 g/mol. The van der Waals surface area contributed by atoms with Crippen molar-refractivity contribution in [2.75, 3.05) is 0 Å². The van der Waals surface area contributed by atoms with Crippen LogP contribution in [0.15, 0.2) is 140 Å². The Hall–Kier alpha value is -3.92. The highest BCUT2D eigenvalue weighted by atomic mass is 79.9. The molecule has 6 aromatic rings. The Morgan fingerprint density at radius 2 is 1.05 bits per heavy atom. The summed E-state index contributed by atoms with van der Waals surface area (Å²) < 4.78 is 51.3. The molecule has 0 aliphatic rings. The normalized spacial score (nSPS) is 11.4. The van der Waals surface area contributed by atoms with Gasteiger partial charge < -0.3 is 9.97 Å². The third kappa shape index (κ3) is 5.28. The predicted molar refractivity (Wildman–Crippen MR) is 165 cm³/mol. The molecule has 204 valence electrons. The van der Waals surface area contributed by atoms with E-state index in [9.17, 15) is 16.8 Å². The third-order valence-electron chi connectivity index (χ3n) is 6.24. The molecule has 2 heterocycles. The van der Waals surface area contributed by atoms with E-state index in [0.29, 0.717) is 30.4 Å². The van der Waals surface area contributed by atoms with Gasteiger partial charge in [-0.2, -0.15) is 0 Å². The highest BCUT2D eigenvalue weighted by Gasteiger charge is 2.23. The number of hydrogen-bond donors (Lipinski definition) is 2. The van der Waals surface area contributed by atoms with Crippen LogP contribution in [-0.4, -0.2) is 26.8 Å². The lowest BCUT2D eigenvalue weighted by Gasteiger charge is -2.03. The maximum Gasteiger partial charge on any atom is 0.208 e. The number of aromatic nitrogens is 2. The van der Waals surface area contributed by atoms with Gasteiger partial charge in [0, 0.05) is 27.6 Å². The van der Waals surface area contributed by atoms with Gasteiger partial charge in [-0.3, -0.25) is 0 Å². The molecule has 2 N–H and O–H groups in total. The SMILES string of the molecule is C.C=Cc1cccc2c(S(=O)(=O)c3ccccc3)c[nH]c12.O=S(=O)(c1ccccc1)c1c[nH]c2c(Br)cccc12. The zero-order chi connectivity index (χ0) is 27.6. The van der Waals surface area contributed by atoms with Gasteiger partial charge in [0.2, 0.25) is 19.7 Å². The second-order valence-corrected chi connectivity index (χ2v) is 13.3. The van der Waals surface area contributed by atoms with Crippen molar-refractivity contribution in [1.82, 2.24) is 9.97 Å². The van der Waals surface area contributed by atoms with Crippen LogP contribution in [0.2, 0.25) is 0 Å². The molecule has 0 aliphatic carbocycles. The highest BCUT2D eigenvalue weighted by Crippen LogP contribution is 2.32. The fourth-order valence-corrected chi connectivity index (χ4v) is 7.68. The molecule has 0 atom stereocenters. The van der Waals surface area contributed by atoms with E-state index < -0.39 is 19.7 Å². The maximum atomic E-state index is 12.7. The van der Waals surface area contributed by atoms with Crippen molar-refractivity contribution in [2.24, 2.45) is 0 Å². The molecule has 0 saturated heterocycles. The minimum absolute atomic E-state index is 0. The summed E-state index contributed by atoms with van der Waals surface area (Å²) in [4.78, 5) is 7.23. The number of halogens is 1. The topological polar surface area (TPSA) is 99.9 Å². The van der Waals surface area contributed by atoms with Gasteiger partial charge in [0.25, 0.3) is 0 Å². The molecule has 6 nitrogen and oxygen atoms in total. The third-order valence-corrected chi connectivity index (χ3v) is 10.5. The number of fused-ring (bicyclic) bond motifs is 2. The van der Waals surface area contributed by atoms with Crippen LogP contribution in [-0.2, 0) is 19.7 Å². The molecule has 0 radical (unpaired) electrons. The summed E-state index contributed by atoms with van der Waals surface area (Å²) in [6.07, 6.45) is 4.79. The van der Waals surface area contributed by atoms with Crippen molar-refractivity contribution in [2.45, 2.75) is 27.0 Å². The quantitative estimate of drug-likeness (QED) is 0.200. The van der Waals surface area contributed by atoms with Gasteiger partial charge in [0.05, 0.1) is 30.6 Å². The van der Waals surface area contributed by atoms with Crippen molar-refractivity contribution >= 4 is 63.5 Å². The number of para-hydroxylation sites is 2. The van der Waals surface area contributed by atoms with Crippen LogP contribution in [0.5, 0.6) is 0 Å². The predicted octanol–water partition coefficient (Wildman–Crippen LogP) is 8.04. The summed E-state index contributed by atoms with van der Waals surface area (Å²) >= 11 is 3.41. The van der Waals surface area contributed by atoms with Crippen LogP contribution < -0.4 is 0 Å². The molecule has 0 amide bonds. The zero-order valence-corrected chi connectivity index (χ0v) is 23.7. The highest BCUT2D eigenvalue weighted by molar-refractivity contribution is 9.10. The molecule has 40 heavy (non-hydrogen) atoms. The molecule has 0 bridgehead atoms. The van der Waals surface area contributed by atoms with Gasteiger partial charge >= 0.3 is 0 Å². The molecule has 4 aromatic carbocycles. The van der Waals surface area contributed by atoms with Crippen LogP contribution in [0.25, 0.3) is 27.9 Å². The van der Waals surface area contributed by atoms with Gasteiger partial charge in [-0.05, 0) is 51.8 Å². The smallest absolute Gasteiger partial charge is 0.208 e. The Morgan fingerprint density at radius 3 is 1.55 bits per heavy atom. The van der Waals surface area contributed by atoms with Crippen molar-refractivity contribution in [3.05, 3.63) is 126 Å². The molecular weight excluding hydrogens is 608 g/mol. The second kappa shape index (κ2) is 11.7. The fraction of sp³-hybridized carbons (Fsp3) is 0.0323. The van der Waals surface area contributed by atoms with Gasteiger partial charge in [-0.15, -0.1) is 0 Å². The largest absolute Gasteiger partial charge is 0.359 e. The minimum Gasteiger partial charge on any atom is -0.359 e. The van der Waals surface area contributed by atoms with E-state index in [-0.39, 0.29) is 7.43 Å². The van der Waals surface area contributed by atoms with E-state index in [2.05, 4.69) is 32.5 Å². The van der Waals surface area contributed by atoms with Gasteiger partial charge in [0.1, 0.15) is 0 Å². The van der Waals surface area contributed by atoms with Crippen molar-refractivity contribution in [3.8, 4) is 0 Å². The van der Waals surface area contributed by atoms with E-state index in [1.54, 1.807) is 85.1 Å². The van der Waals surface area contributed by atoms with Crippen LogP contribution in [0.1, 0.15) is 13.0 Å². The zero-order valence-electron chi connectivity index (χ0n) is 20.5. The molecular formula is C31H27BrN2O4S2. The summed E-state index contributed by atoms with van der Waals surface area (Å²) in [5.41, 5.74) is 2.46.